The van der Waals surface area contributed by atoms with Gasteiger partial charge in [-0.2, -0.15) is 0 Å². The summed E-state index contributed by atoms with van der Waals surface area (Å²) in [4.78, 5) is 14.9. The van der Waals surface area contributed by atoms with Crippen LogP contribution in [0.1, 0.15) is 12.8 Å². The molecule has 140 valence electrons. The van der Waals surface area contributed by atoms with E-state index in [1.807, 2.05) is 30.3 Å². The summed E-state index contributed by atoms with van der Waals surface area (Å²) in [5, 5.41) is 20.4. The SMILES string of the molecule is O=c1cc(-c2ccccc2)oc2c(OCCN3CCCC3)c(O)cc(O)c12. The molecule has 0 unspecified atom stereocenters. The molecule has 1 fully saturated rings. The zero-order chi connectivity index (χ0) is 18.8. The molecule has 1 aromatic heterocycles. The van der Waals surface area contributed by atoms with Gasteiger partial charge in [0.25, 0.3) is 0 Å². The fourth-order valence-corrected chi connectivity index (χ4v) is 3.45. The summed E-state index contributed by atoms with van der Waals surface area (Å²) < 4.78 is 11.7. The van der Waals surface area contributed by atoms with E-state index in [1.165, 1.54) is 18.9 Å². The number of rotatable bonds is 5. The maximum absolute atomic E-state index is 12.6. The van der Waals surface area contributed by atoms with Gasteiger partial charge in [0.1, 0.15) is 23.5 Å². The number of nitrogens with zero attached hydrogens (tertiary/aromatic N) is 1. The van der Waals surface area contributed by atoms with Crippen LogP contribution in [-0.4, -0.2) is 41.4 Å². The number of likely N-dealkylation sites (tertiary alicyclic amines) is 1. The number of benzene rings is 2. The van der Waals surface area contributed by atoms with E-state index in [1.54, 1.807) is 0 Å². The summed E-state index contributed by atoms with van der Waals surface area (Å²) >= 11 is 0. The Morgan fingerprint density at radius 2 is 1.78 bits per heavy atom. The van der Waals surface area contributed by atoms with Crippen LogP contribution in [0.3, 0.4) is 0 Å². The smallest absolute Gasteiger partial charge is 0.205 e. The molecular formula is C21H21NO5. The van der Waals surface area contributed by atoms with Crippen molar-refractivity contribution in [3.63, 3.8) is 0 Å². The topological polar surface area (TPSA) is 83.1 Å². The summed E-state index contributed by atoms with van der Waals surface area (Å²) in [6.07, 6.45) is 2.37. The van der Waals surface area contributed by atoms with Crippen molar-refractivity contribution in [3.05, 3.63) is 52.7 Å². The lowest BCUT2D eigenvalue weighted by Crippen LogP contribution is -2.25. The number of hydrogen-bond donors (Lipinski definition) is 2. The molecule has 27 heavy (non-hydrogen) atoms. The molecule has 1 aliphatic rings. The lowest BCUT2D eigenvalue weighted by Gasteiger charge is -2.16. The van der Waals surface area contributed by atoms with E-state index >= 15 is 0 Å². The average molecular weight is 367 g/mol. The Hall–Kier alpha value is -2.99. The standard InChI is InChI=1S/C21H21NO5/c23-15-12-17(25)20(26-11-10-22-8-4-5-9-22)21-19(15)16(24)13-18(27-21)14-6-2-1-3-7-14/h1-3,6-7,12-13,23,25H,4-5,8-11H2. The summed E-state index contributed by atoms with van der Waals surface area (Å²) in [5.41, 5.74) is 0.389. The highest BCUT2D eigenvalue weighted by atomic mass is 16.5. The van der Waals surface area contributed by atoms with Crippen molar-refractivity contribution >= 4 is 11.0 Å². The molecule has 3 aromatic rings. The molecule has 0 spiro atoms. The Bertz CT molecular complexity index is 1010. The Morgan fingerprint density at radius 1 is 1.04 bits per heavy atom. The average Bonchev–Trinajstić information content (AvgIpc) is 3.18. The van der Waals surface area contributed by atoms with Crippen molar-refractivity contribution in [2.75, 3.05) is 26.2 Å². The second-order valence-electron chi connectivity index (χ2n) is 6.69. The highest BCUT2D eigenvalue weighted by molar-refractivity contribution is 5.91. The zero-order valence-electron chi connectivity index (χ0n) is 14.9. The molecular weight excluding hydrogens is 346 g/mol. The van der Waals surface area contributed by atoms with Crippen molar-refractivity contribution in [1.82, 2.24) is 4.90 Å². The van der Waals surface area contributed by atoms with Gasteiger partial charge in [0, 0.05) is 24.2 Å². The second-order valence-corrected chi connectivity index (χ2v) is 6.69. The molecule has 6 heteroatoms. The maximum atomic E-state index is 12.6. The van der Waals surface area contributed by atoms with Crippen LogP contribution in [0.2, 0.25) is 0 Å². The van der Waals surface area contributed by atoms with Gasteiger partial charge < -0.3 is 19.4 Å². The number of fused-ring (bicyclic) bond motifs is 1. The van der Waals surface area contributed by atoms with Crippen molar-refractivity contribution in [2.24, 2.45) is 0 Å². The molecule has 0 amide bonds. The van der Waals surface area contributed by atoms with Crippen molar-refractivity contribution in [1.29, 1.82) is 0 Å². The van der Waals surface area contributed by atoms with Gasteiger partial charge >= 0.3 is 0 Å². The molecule has 6 nitrogen and oxygen atoms in total. The predicted octanol–water partition coefficient (Wildman–Crippen LogP) is 3.35. The van der Waals surface area contributed by atoms with E-state index in [0.29, 0.717) is 12.4 Å². The molecule has 2 aromatic carbocycles. The third kappa shape index (κ3) is 3.48. The Kier molecular flexibility index (Phi) is 4.73. The van der Waals surface area contributed by atoms with Crippen LogP contribution in [0.5, 0.6) is 17.2 Å². The fraction of sp³-hybridized carbons (Fsp3) is 0.286. The number of phenolic OH excluding ortho intramolecular Hbond substituents is 2. The lowest BCUT2D eigenvalue weighted by molar-refractivity contribution is 0.231. The van der Waals surface area contributed by atoms with Crippen LogP contribution < -0.4 is 10.2 Å². The van der Waals surface area contributed by atoms with Crippen LogP contribution in [0.15, 0.2) is 51.7 Å². The first kappa shape index (κ1) is 17.4. The molecule has 0 atom stereocenters. The third-order valence-corrected chi connectivity index (χ3v) is 4.83. The van der Waals surface area contributed by atoms with Crippen LogP contribution >= 0.6 is 0 Å². The summed E-state index contributed by atoms with van der Waals surface area (Å²) in [7, 11) is 0. The molecule has 1 saturated heterocycles. The van der Waals surface area contributed by atoms with Gasteiger partial charge in [-0.3, -0.25) is 9.69 Å². The minimum Gasteiger partial charge on any atom is -0.507 e. The van der Waals surface area contributed by atoms with Crippen LogP contribution in [0, 0.1) is 0 Å². The van der Waals surface area contributed by atoms with Gasteiger partial charge in [-0.25, -0.2) is 0 Å². The van der Waals surface area contributed by atoms with Crippen molar-refractivity contribution in [2.45, 2.75) is 12.8 Å². The summed E-state index contributed by atoms with van der Waals surface area (Å²) in [6, 6.07) is 11.6. The molecule has 2 N–H and O–H groups in total. The number of phenols is 2. The number of aromatic hydroxyl groups is 2. The van der Waals surface area contributed by atoms with Gasteiger partial charge in [-0.05, 0) is 25.9 Å². The van der Waals surface area contributed by atoms with E-state index in [-0.39, 0.29) is 28.2 Å². The van der Waals surface area contributed by atoms with E-state index < -0.39 is 5.43 Å². The fourth-order valence-electron chi connectivity index (χ4n) is 3.45. The normalized spacial score (nSPS) is 14.7. The maximum Gasteiger partial charge on any atom is 0.205 e. The largest absolute Gasteiger partial charge is 0.507 e. The van der Waals surface area contributed by atoms with Crippen LogP contribution in [0.25, 0.3) is 22.3 Å². The molecule has 0 aliphatic carbocycles. The molecule has 0 saturated carbocycles. The first-order valence-electron chi connectivity index (χ1n) is 9.07. The van der Waals surface area contributed by atoms with Crippen molar-refractivity contribution in [3.8, 4) is 28.6 Å². The van der Waals surface area contributed by atoms with E-state index in [9.17, 15) is 15.0 Å². The highest BCUT2D eigenvalue weighted by Gasteiger charge is 2.20. The monoisotopic (exact) mass is 367 g/mol. The second kappa shape index (κ2) is 7.32. The molecule has 2 heterocycles. The number of ether oxygens (including phenoxy) is 1. The zero-order valence-corrected chi connectivity index (χ0v) is 14.9. The molecule has 0 radical (unpaired) electrons. The molecule has 4 rings (SSSR count). The molecule has 1 aliphatic heterocycles. The van der Waals surface area contributed by atoms with Crippen LogP contribution in [-0.2, 0) is 0 Å². The van der Waals surface area contributed by atoms with Crippen LogP contribution in [0.4, 0.5) is 0 Å². The summed E-state index contributed by atoms with van der Waals surface area (Å²) in [6.45, 7) is 3.16. The van der Waals surface area contributed by atoms with Gasteiger partial charge in [-0.15, -0.1) is 0 Å². The predicted molar refractivity (Wildman–Crippen MR) is 102 cm³/mol. The van der Waals surface area contributed by atoms with E-state index in [4.69, 9.17) is 9.15 Å². The Morgan fingerprint density at radius 3 is 2.52 bits per heavy atom. The quantitative estimate of drug-likeness (QED) is 0.720. The third-order valence-electron chi connectivity index (χ3n) is 4.83. The van der Waals surface area contributed by atoms with Gasteiger partial charge in [0.05, 0.1) is 0 Å². The van der Waals surface area contributed by atoms with E-state index in [0.717, 1.165) is 31.3 Å². The first-order valence-corrected chi connectivity index (χ1v) is 9.07. The lowest BCUT2D eigenvalue weighted by atomic mass is 10.1. The Balaban J connectivity index is 1.74. The van der Waals surface area contributed by atoms with Gasteiger partial charge in [0.2, 0.25) is 5.75 Å². The van der Waals surface area contributed by atoms with Gasteiger partial charge in [-0.1, -0.05) is 30.3 Å². The Labute approximate surface area is 156 Å². The molecule has 0 bridgehead atoms. The minimum absolute atomic E-state index is 0.00338. The highest BCUT2D eigenvalue weighted by Crippen LogP contribution is 2.40. The summed E-state index contributed by atoms with van der Waals surface area (Å²) in [5.74, 6) is -0.156. The first-order chi connectivity index (χ1) is 13.1. The van der Waals surface area contributed by atoms with E-state index in [2.05, 4.69) is 4.90 Å². The minimum atomic E-state index is -0.392. The van der Waals surface area contributed by atoms with Crippen molar-refractivity contribution < 1.29 is 19.4 Å². The van der Waals surface area contributed by atoms with Gasteiger partial charge in [0.15, 0.2) is 16.8 Å². The number of hydrogen-bond acceptors (Lipinski definition) is 6.